The third-order valence-electron chi connectivity index (χ3n) is 2.13. The van der Waals surface area contributed by atoms with Gasteiger partial charge in [-0.2, -0.15) is 0 Å². The standard InChI is InChI=1S/C11H12BrNO4/c1-13(6-10(15)17-2)11(16)8-4-3-7(12)5-9(8)14/h3-5,14H,6H2,1-2H3. The van der Waals surface area contributed by atoms with Crippen LogP contribution < -0.4 is 0 Å². The van der Waals surface area contributed by atoms with Crippen molar-refractivity contribution in [3.63, 3.8) is 0 Å². The van der Waals surface area contributed by atoms with Gasteiger partial charge in [-0.3, -0.25) is 9.59 Å². The van der Waals surface area contributed by atoms with Crippen LogP contribution in [0.5, 0.6) is 5.75 Å². The van der Waals surface area contributed by atoms with Crippen LogP contribution in [0.1, 0.15) is 10.4 Å². The smallest absolute Gasteiger partial charge is 0.325 e. The molecule has 0 aromatic heterocycles. The fourth-order valence-corrected chi connectivity index (χ4v) is 1.57. The van der Waals surface area contributed by atoms with E-state index in [0.717, 1.165) is 0 Å². The molecule has 0 aliphatic rings. The van der Waals surface area contributed by atoms with Crippen molar-refractivity contribution in [1.29, 1.82) is 0 Å². The predicted octanol–water partition coefficient (Wildman–Crippen LogP) is 1.40. The minimum absolute atomic E-state index is 0.138. The molecule has 1 rings (SSSR count). The minimum atomic E-state index is -0.516. The monoisotopic (exact) mass is 301 g/mol. The second kappa shape index (κ2) is 5.67. The molecule has 17 heavy (non-hydrogen) atoms. The number of carbonyl (C=O) groups is 2. The number of rotatable bonds is 3. The van der Waals surface area contributed by atoms with Crippen molar-refractivity contribution < 1.29 is 19.4 Å². The van der Waals surface area contributed by atoms with E-state index in [-0.39, 0.29) is 17.9 Å². The van der Waals surface area contributed by atoms with Crippen LogP contribution in [-0.4, -0.2) is 42.6 Å². The molecule has 0 unspecified atom stereocenters. The molecule has 0 radical (unpaired) electrons. The molecule has 92 valence electrons. The fourth-order valence-electron chi connectivity index (χ4n) is 1.22. The molecule has 5 nitrogen and oxygen atoms in total. The SMILES string of the molecule is COC(=O)CN(C)C(=O)c1ccc(Br)cc1O. The van der Waals surface area contributed by atoms with E-state index in [0.29, 0.717) is 4.47 Å². The number of esters is 1. The number of hydrogen-bond donors (Lipinski definition) is 1. The van der Waals surface area contributed by atoms with E-state index in [1.807, 2.05) is 0 Å². The van der Waals surface area contributed by atoms with E-state index < -0.39 is 11.9 Å². The molecular weight excluding hydrogens is 290 g/mol. The highest BCUT2D eigenvalue weighted by Gasteiger charge is 2.18. The summed E-state index contributed by atoms with van der Waals surface area (Å²) in [5, 5.41) is 9.61. The first-order valence-corrected chi connectivity index (χ1v) is 5.55. The van der Waals surface area contributed by atoms with E-state index in [2.05, 4.69) is 20.7 Å². The lowest BCUT2D eigenvalue weighted by molar-refractivity contribution is -0.141. The lowest BCUT2D eigenvalue weighted by atomic mass is 10.2. The molecule has 0 atom stereocenters. The Hall–Kier alpha value is -1.56. The summed E-state index contributed by atoms with van der Waals surface area (Å²) in [6, 6.07) is 4.54. The molecule has 0 aliphatic heterocycles. The van der Waals surface area contributed by atoms with E-state index in [1.54, 1.807) is 6.07 Å². The molecule has 0 saturated heterocycles. The average Bonchev–Trinajstić information content (AvgIpc) is 2.28. The summed E-state index contributed by atoms with van der Waals surface area (Å²) in [5.41, 5.74) is 0.139. The summed E-state index contributed by atoms with van der Waals surface area (Å²) in [7, 11) is 2.71. The maximum Gasteiger partial charge on any atom is 0.325 e. The average molecular weight is 302 g/mol. The first-order valence-electron chi connectivity index (χ1n) is 4.76. The highest BCUT2D eigenvalue weighted by molar-refractivity contribution is 9.10. The summed E-state index contributed by atoms with van der Waals surface area (Å²) >= 11 is 3.17. The van der Waals surface area contributed by atoms with E-state index in [1.165, 1.54) is 31.2 Å². The molecule has 0 saturated carbocycles. The van der Waals surface area contributed by atoms with Crippen molar-refractivity contribution in [2.75, 3.05) is 20.7 Å². The Kier molecular flexibility index (Phi) is 4.51. The summed E-state index contributed by atoms with van der Waals surface area (Å²) in [6.07, 6.45) is 0. The third-order valence-corrected chi connectivity index (χ3v) is 2.62. The molecule has 0 aliphatic carbocycles. The molecule has 0 spiro atoms. The fraction of sp³-hybridized carbons (Fsp3) is 0.273. The Bertz CT molecular complexity index is 447. The summed E-state index contributed by atoms with van der Waals surface area (Å²) in [6.45, 7) is -0.162. The number of aromatic hydroxyl groups is 1. The number of hydrogen-bond acceptors (Lipinski definition) is 4. The van der Waals surface area contributed by atoms with Crippen molar-refractivity contribution in [2.24, 2.45) is 0 Å². The quantitative estimate of drug-likeness (QED) is 0.857. The van der Waals surface area contributed by atoms with Gasteiger partial charge in [0.25, 0.3) is 5.91 Å². The second-order valence-electron chi connectivity index (χ2n) is 3.40. The zero-order valence-electron chi connectivity index (χ0n) is 9.44. The van der Waals surface area contributed by atoms with E-state index >= 15 is 0 Å². The van der Waals surface area contributed by atoms with Gasteiger partial charge in [-0.1, -0.05) is 15.9 Å². The number of carbonyl (C=O) groups excluding carboxylic acids is 2. The van der Waals surface area contributed by atoms with Gasteiger partial charge in [0.05, 0.1) is 12.7 Å². The summed E-state index contributed by atoms with van der Waals surface area (Å²) in [4.78, 5) is 24.1. The van der Waals surface area contributed by atoms with Gasteiger partial charge in [-0.15, -0.1) is 0 Å². The molecule has 6 heteroatoms. The van der Waals surface area contributed by atoms with Gasteiger partial charge in [0.15, 0.2) is 0 Å². The molecule has 1 amide bonds. The van der Waals surface area contributed by atoms with Gasteiger partial charge in [0.1, 0.15) is 12.3 Å². The van der Waals surface area contributed by atoms with Crippen LogP contribution in [0.25, 0.3) is 0 Å². The van der Waals surface area contributed by atoms with Crippen molar-refractivity contribution >= 4 is 27.8 Å². The first kappa shape index (κ1) is 13.5. The molecule has 1 aromatic rings. The molecule has 1 aromatic carbocycles. The summed E-state index contributed by atoms with van der Waals surface area (Å²) in [5.74, 6) is -1.10. The van der Waals surface area contributed by atoms with Crippen LogP contribution in [0.4, 0.5) is 0 Å². The van der Waals surface area contributed by atoms with Crippen LogP contribution in [-0.2, 0) is 9.53 Å². The highest BCUT2D eigenvalue weighted by atomic mass is 79.9. The van der Waals surface area contributed by atoms with Crippen LogP contribution in [0.15, 0.2) is 22.7 Å². The first-order chi connectivity index (χ1) is 7.95. The number of likely N-dealkylation sites (N-methyl/N-ethyl adjacent to an activating group) is 1. The second-order valence-corrected chi connectivity index (χ2v) is 4.31. The Balaban J connectivity index is 2.85. The van der Waals surface area contributed by atoms with Gasteiger partial charge >= 0.3 is 5.97 Å². The van der Waals surface area contributed by atoms with Gasteiger partial charge in [0, 0.05) is 11.5 Å². The van der Waals surface area contributed by atoms with Gasteiger partial charge in [0.2, 0.25) is 0 Å². The van der Waals surface area contributed by atoms with Crippen LogP contribution >= 0.6 is 15.9 Å². The number of ether oxygens (including phenoxy) is 1. The zero-order valence-corrected chi connectivity index (χ0v) is 11.0. The Morgan fingerprint density at radius 2 is 2.12 bits per heavy atom. The molecule has 0 bridgehead atoms. The lowest BCUT2D eigenvalue weighted by Gasteiger charge is -2.16. The molecule has 1 N–H and O–H groups in total. The minimum Gasteiger partial charge on any atom is -0.507 e. The highest BCUT2D eigenvalue weighted by Crippen LogP contribution is 2.23. The lowest BCUT2D eigenvalue weighted by Crippen LogP contribution is -2.32. The molecule has 0 heterocycles. The largest absolute Gasteiger partial charge is 0.507 e. The zero-order chi connectivity index (χ0) is 13.0. The van der Waals surface area contributed by atoms with Crippen LogP contribution in [0, 0.1) is 0 Å². The van der Waals surface area contributed by atoms with Crippen molar-refractivity contribution in [2.45, 2.75) is 0 Å². The third kappa shape index (κ3) is 3.45. The number of methoxy groups -OCH3 is 1. The van der Waals surface area contributed by atoms with Gasteiger partial charge in [-0.05, 0) is 18.2 Å². The molecular formula is C11H12BrNO4. The van der Waals surface area contributed by atoms with Gasteiger partial charge < -0.3 is 14.7 Å². The van der Waals surface area contributed by atoms with E-state index in [9.17, 15) is 14.7 Å². The Morgan fingerprint density at radius 3 is 2.65 bits per heavy atom. The Labute approximate surface area is 107 Å². The number of phenols is 1. The van der Waals surface area contributed by atoms with Gasteiger partial charge in [-0.25, -0.2) is 0 Å². The van der Waals surface area contributed by atoms with Crippen molar-refractivity contribution in [3.8, 4) is 5.75 Å². The summed E-state index contributed by atoms with van der Waals surface area (Å²) < 4.78 is 5.12. The number of halogens is 1. The van der Waals surface area contributed by atoms with E-state index in [4.69, 9.17) is 0 Å². The number of nitrogens with zero attached hydrogens (tertiary/aromatic N) is 1. The maximum atomic E-state index is 11.9. The van der Waals surface area contributed by atoms with Crippen molar-refractivity contribution in [3.05, 3.63) is 28.2 Å². The van der Waals surface area contributed by atoms with Crippen molar-refractivity contribution in [1.82, 2.24) is 4.90 Å². The number of benzene rings is 1. The number of amides is 1. The Morgan fingerprint density at radius 1 is 1.47 bits per heavy atom. The topological polar surface area (TPSA) is 66.8 Å². The maximum absolute atomic E-state index is 11.9. The normalized spacial score (nSPS) is 9.82. The predicted molar refractivity (Wildman–Crippen MR) is 64.8 cm³/mol. The van der Waals surface area contributed by atoms with Crippen LogP contribution in [0.2, 0.25) is 0 Å². The number of phenolic OH excluding ortho intramolecular Hbond substituents is 1. The molecule has 0 fully saturated rings. The van der Waals surface area contributed by atoms with Crippen LogP contribution in [0.3, 0.4) is 0 Å².